The zero-order valence-electron chi connectivity index (χ0n) is 15.7. The standard InChI is InChI=1S/C19H27NO5S/c1-5-24-17(22)15-12-26-16(20(15)18(23)25-19(2,3)4)11-8-13-6-9-14(21)10-7-13/h6-7,9-10,15-16,21H,5,8,11-12H2,1-4H3. The Labute approximate surface area is 158 Å². The third-order valence-corrected chi connectivity index (χ3v) is 5.23. The minimum absolute atomic E-state index is 0.159. The van der Waals surface area contributed by atoms with Crippen LogP contribution in [0.5, 0.6) is 5.75 Å². The van der Waals surface area contributed by atoms with E-state index in [0.717, 1.165) is 12.0 Å². The molecule has 1 amide bonds. The molecule has 2 unspecified atom stereocenters. The predicted molar refractivity (Wildman–Crippen MR) is 101 cm³/mol. The Balaban J connectivity index is 2.10. The van der Waals surface area contributed by atoms with Crippen molar-refractivity contribution in [3.8, 4) is 5.75 Å². The summed E-state index contributed by atoms with van der Waals surface area (Å²) >= 11 is 1.56. The van der Waals surface area contributed by atoms with Gasteiger partial charge in [0.1, 0.15) is 17.4 Å². The van der Waals surface area contributed by atoms with E-state index in [-0.39, 0.29) is 17.7 Å². The van der Waals surface area contributed by atoms with E-state index in [9.17, 15) is 14.7 Å². The van der Waals surface area contributed by atoms with E-state index >= 15 is 0 Å². The maximum Gasteiger partial charge on any atom is 0.411 e. The second-order valence-electron chi connectivity index (χ2n) is 7.15. The third-order valence-electron chi connectivity index (χ3n) is 3.87. The summed E-state index contributed by atoms with van der Waals surface area (Å²) in [4.78, 5) is 26.5. The van der Waals surface area contributed by atoms with Gasteiger partial charge in [0, 0.05) is 5.75 Å². The number of phenolic OH excluding ortho intramolecular Hbond substituents is 1. The molecule has 1 fully saturated rings. The van der Waals surface area contributed by atoms with E-state index in [0.29, 0.717) is 12.2 Å². The number of hydrogen-bond donors (Lipinski definition) is 1. The summed E-state index contributed by atoms with van der Waals surface area (Å²) in [5.74, 6) is 0.331. The van der Waals surface area contributed by atoms with E-state index in [1.165, 1.54) is 4.90 Å². The zero-order valence-corrected chi connectivity index (χ0v) is 16.5. The van der Waals surface area contributed by atoms with E-state index in [1.54, 1.807) is 51.6 Å². The molecule has 1 aromatic rings. The van der Waals surface area contributed by atoms with Crippen molar-refractivity contribution in [1.29, 1.82) is 0 Å². The lowest BCUT2D eigenvalue weighted by molar-refractivity contribution is -0.148. The van der Waals surface area contributed by atoms with Crippen molar-refractivity contribution in [3.05, 3.63) is 29.8 Å². The van der Waals surface area contributed by atoms with Crippen LogP contribution < -0.4 is 0 Å². The van der Waals surface area contributed by atoms with Crippen LogP contribution in [0.15, 0.2) is 24.3 Å². The minimum Gasteiger partial charge on any atom is -0.508 e. The van der Waals surface area contributed by atoms with Gasteiger partial charge in [0.05, 0.1) is 12.0 Å². The molecule has 1 saturated heterocycles. The molecule has 0 aromatic heterocycles. The summed E-state index contributed by atoms with van der Waals surface area (Å²) in [6, 6.07) is 6.37. The van der Waals surface area contributed by atoms with Gasteiger partial charge < -0.3 is 14.6 Å². The summed E-state index contributed by atoms with van der Waals surface area (Å²) in [5.41, 5.74) is 0.428. The molecule has 0 radical (unpaired) electrons. The fourth-order valence-electron chi connectivity index (χ4n) is 2.72. The molecule has 26 heavy (non-hydrogen) atoms. The van der Waals surface area contributed by atoms with Crippen molar-refractivity contribution in [2.75, 3.05) is 12.4 Å². The number of ether oxygens (including phenoxy) is 2. The number of benzene rings is 1. The number of aryl methyl sites for hydroxylation is 1. The monoisotopic (exact) mass is 381 g/mol. The number of hydrogen-bond acceptors (Lipinski definition) is 6. The fraction of sp³-hybridized carbons (Fsp3) is 0.579. The summed E-state index contributed by atoms with van der Waals surface area (Å²) in [6.45, 7) is 7.44. The van der Waals surface area contributed by atoms with Crippen LogP contribution in [0.3, 0.4) is 0 Å². The first-order chi connectivity index (χ1) is 12.2. The molecule has 144 valence electrons. The average molecular weight is 381 g/mol. The normalized spacial score (nSPS) is 20.1. The Kier molecular flexibility index (Phi) is 6.81. The van der Waals surface area contributed by atoms with Gasteiger partial charge in [0.25, 0.3) is 0 Å². The molecule has 1 aliphatic rings. The van der Waals surface area contributed by atoms with E-state index in [2.05, 4.69) is 0 Å². The topological polar surface area (TPSA) is 76.1 Å². The van der Waals surface area contributed by atoms with Crippen molar-refractivity contribution in [3.63, 3.8) is 0 Å². The minimum atomic E-state index is -0.634. The van der Waals surface area contributed by atoms with Crippen molar-refractivity contribution >= 4 is 23.8 Å². The lowest BCUT2D eigenvalue weighted by Gasteiger charge is -2.31. The van der Waals surface area contributed by atoms with Crippen LogP contribution in [-0.4, -0.2) is 51.4 Å². The molecule has 1 aromatic carbocycles. The van der Waals surface area contributed by atoms with Crippen LogP contribution in [0.1, 0.15) is 39.7 Å². The number of aromatic hydroxyl groups is 1. The van der Waals surface area contributed by atoms with Crippen molar-refractivity contribution in [2.45, 2.75) is 57.6 Å². The molecule has 2 rings (SSSR count). The van der Waals surface area contributed by atoms with Gasteiger partial charge in [0.2, 0.25) is 0 Å². The van der Waals surface area contributed by atoms with Gasteiger partial charge >= 0.3 is 12.1 Å². The predicted octanol–water partition coefficient (Wildman–Crippen LogP) is 3.57. The van der Waals surface area contributed by atoms with Crippen molar-refractivity contribution in [1.82, 2.24) is 4.90 Å². The van der Waals surface area contributed by atoms with Crippen molar-refractivity contribution < 1.29 is 24.2 Å². The lowest BCUT2D eigenvalue weighted by Crippen LogP contribution is -2.48. The molecular weight excluding hydrogens is 354 g/mol. The maximum atomic E-state index is 12.7. The maximum absolute atomic E-state index is 12.7. The smallest absolute Gasteiger partial charge is 0.411 e. The van der Waals surface area contributed by atoms with Crippen LogP contribution in [0, 0.1) is 0 Å². The van der Waals surface area contributed by atoms with Gasteiger partial charge in [-0.1, -0.05) is 12.1 Å². The quantitative estimate of drug-likeness (QED) is 0.786. The first-order valence-corrected chi connectivity index (χ1v) is 9.83. The molecule has 1 heterocycles. The lowest BCUT2D eigenvalue weighted by atomic mass is 10.1. The van der Waals surface area contributed by atoms with Gasteiger partial charge in [-0.2, -0.15) is 0 Å². The molecule has 1 aliphatic heterocycles. The molecule has 6 nitrogen and oxygen atoms in total. The van der Waals surface area contributed by atoms with Gasteiger partial charge in [-0.3, -0.25) is 4.90 Å². The van der Waals surface area contributed by atoms with Crippen LogP contribution in [0.25, 0.3) is 0 Å². The summed E-state index contributed by atoms with van der Waals surface area (Å²) in [7, 11) is 0. The molecule has 0 bridgehead atoms. The molecular formula is C19H27NO5S. The Morgan fingerprint density at radius 1 is 1.27 bits per heavy atom. The molecule has 2 atom stereocenters. The number of nitrogens with zero attached hydrogens (tertiary/aromatic N) is 1. The number of carbonyl (C=O) groups excluding carboxylic acids is 2. The highest BCUT2D eigenvalue weighted by atomic mass is 32.2. The van der Waals surface area contributed by atoms with Gasteiger partial charge in [-0.05, 0) is 58.2 Å². The molecule has 1 N–H and O–H groups in total. The summed E-state index contributed by atoms with van der Waals surface area (Å²) in [5, 5.41) is 9.22. The zero-order chi connectivity index (χ0) is 19.3. The Bertz CT molecular complexity index is 626. The molecule has 0 saturated carbocycles. The van der Waals surface area contributed by atoms with E-state index in [1.807, 2.05) is 12.1 Å². The van der Waals surface area contributed by atoms with Gasteiger partial charge in [-0.25, -0.2) is 9.59 Å². The second-order valence-corrected chi connectivity index (χ2v) is 8.36. The highest BCUT2D eigenvalue weighted by molar-refractivity contribution is 8.00. The van der Waals surface area contributed by atoms with E-state index < -0.39 is 23.7 Å². The van der Waals surface area contributed by atoms with Crippen LogP contribution >= 0.6 is 11.8 Å². The molecule has 0 aliphatic carbocycles. The summed E-state index contributed by atoms with van der Waals surface area (Å²) < 4.78 is 10.6. The third kappa shape index (κ3) is 5.56. The highest BCUT2D eigenvalue weighted by Gasteiger charge is 2.44. The van der Waals surface area contributed by atoms with Gasteiger partial charge in [0.15, 0.2) is 0 Å². The number of amides is 1. The first kappa shape index (κ1) is 20.4. The Morgan fingerprint density at radius 3 is 2.50 bits per heavy atom. The van der Waals surface area contributed by atoms with Crippen molar-refractivity contribution in [2.24, 2.45) is 0 Å². The number of esters is 1. The average Bonchev–Trinajstić information content (AvgIpc) is 2.97. The second kappa shape index (κ2) is 8.66. The Morgan fingerprint density at radius 2 is 1.92 bits per heavy atom. The Hall–Kier alpha value is -1.89. The highest BCUT2D eigenvalue weighted by Crippen LogP contribution is 2.34. The molecule has 0 spiro atoms. The number of carbonyl (C=O) groups is 2. The fourth-order valence-corrected chi connectivity index (χ4v) is 4.10. The number of thioether (sulfide) groups is 1. The van der Waals surface area contributed by atoms with Crippen LogP contribution in [0.4, 0.5) is 4.79 Å². The largest absolute Gasteiger partial charge is 0.508 e. The number of phenols is 1. The van der Waals surface area contributed by atoms with Crippen LogP contribution in [-0.2, 0) is 20.7 Å². The van der Waals surface area contributed by atoms with E-state index in [4.69, 9.17) is 9.47 Å². The molecule has 7 heteroatoms. The first-order valence-electron chi connectivity index (χ1n) is 8.78. The SMILES string of the molecule is CCOC(=O)C1CSC(CCc2ccc(O)cc2)N1C(=O)OC(C)(C)C. The van der Waals surface area contributed by atoms with Crippen LogP contribution in [0.2, 0.25) is 0 Å². The summed E-state index contributed by atoms with van der Waals surface area (Å²) in [6.07, 6.45) is 0.924. The van der Waals surface area contributed by atoms with Gasteiger partial charge in [-0.15, -0.1) is 11.8 Å². The number of rotatable bonds is 5.